The lowest BCUT2D eigenvalue weighted by atomic mass is 9.89. The van der Waals surface area contributed by atoms with E-state index in [9.17, 15) is 14.9 Å². The van der Waals surface area contributed by atoms with Gasteiger partial charge in [0, 0.05) is 24.1 Å². The van der Waals surface area contributed by atoms with E-state index in [0.717, 1.165) is 5.56 Å². The summed E-state index contributed by atoms with van der Waals surface area (Å²) in [7, 11) is 1.55. The van der Waals surface area contributed by atoms with Crippen LogP contribution in [0.15, 0.2) is 36.4 Å². The minimum atomic E-state index is -0.947. The minimum absolute atomic E-state index is 0.0296. The number of ether oxygens (including phenoxy) is 2. The Bertz CT molecular complexity index is 960. The number of carbonyl (C=O) groups is 1. The summed E-state index contributed by atoms with van der Waals surface area (Å²) >= 11 is 0. The third-order valence-electron chi connectivity index (χ3n) is 5.04. The Balaban J connectivity index is 1.81. The lowest BCUT2D eigenvalue weighted by Crippen LogP contribution is -2.65. The summed E-state index contributed by atoms with van der Waals surface area (Å²) in [6.07, 6.45) is 0.448. The van der Waals surface area contributed by atoms with E-state index in [4.69, 9.17) is 9.47 Å². The number of urea groups is 1. The number of carbonyl (C=O) groups excluding carboxylic acids is 1. The molecule has 4 rings (SSSR count). The topological polar surface area (TPSA) is 93.9 Å². The van der Waals surface area contributed by atoms with Crippen LogP contribution >= 0.6 is 0 Å². The monoisotopic (exact) mass is 369 g/mol. The van der Waals surface area contributed by atoms with E-state index in [1.165, 1.54) is 12.1 Å². The van der Waals surface area contributed by atoms with E-state index < -0.39 is 10.6 Å². The van der Waals surface area contributed by atoms with Crippen LogP contribution in [0, 0.1) is 17.0 Å². The van der Waals surface area contributed by atoms with E-state index in [1.54, 1.807) is 18.1 Å². The molecule has 1 fully saturated rings. The van der Waals surface area contributed by atoms with Crippen molar-refractivity contribution in [1.29, 1.82) is 0 Å². The lowest BCUT2D eigenvalue weighted by molar-refractivity contribution is -0.385. The molecule has 1 N–H and O–H groups in total. The Kier molecular flexibility index (Phi) is 3.73. The van der Waals surface area contributed by atoms with Crippen LogP contribution in [0.25, 0.3) is 0 Å². The third-order valence-corrected chi connectivity index (χ3v) is 5.04. The Morgan fingerprint density at radius 2 is 2.11 bits per heavy atom. The number of rotatable bonds is 3. The smallest absolute Gasteiger partial charge is 0.325 e. The highest BCUT2D eigenvalue weighted by Gasteiger charge is 2.50. The van der Waals surface area contributed by atoms with Crippen molar-refractivity contribution >= 4 is 17.4 Å². The molecule has 2 aromatic rings. The predicted octanol–water partition coefficient (Wildman–Crippen LogP) is 3.68. The first-order chi connectivity index (χ1) is 12.8. The van der Waals surface area contributed by atoms with Crippen molar-refractivity contribution in [3.63, 3.8) is 0 Å². The summed E-state index contributed by atoms with van der Waals surface area (Å²) < 4.78 is 11.6. The fourth-order valence-electron chi connectivity index (χ4n) is 3.82. The van der Waals surface area contributed by atoms with Gasteiger partial charge in [-0.1, -0.05) is 6.07 Å². The highest BCUT2D eigenvalue weighted by Crippen LogP contribution is 2.48. The van der Waals surface area contributed by atoms with Gasteiger partial charge in [-0.2, -0.15) is 0 Å². The van der Waals surface area contributed by atoms with Gasteiger partial charge >= 0.3 is 6.03 Å². The Morgan fingerprint density at radius 3 is 2.81 bits per heavy atom. The van der Waals surface area contributed by atoms with Crippen LogP contribution in [0.2, 0.25) is 0 Å². The van der Waals surface area contributed by atoms with Crippen LogP contribution in [0.4, 0.5) is 16.2 Å². The largest absolute Gasteiger partial charge is 0.495 e. The summed E-state index contributed by atoms with van der Waals surface area (Å²) in [6.45, 7) is 3.77. The molecular formula is C19H19N3O5. The second-order valence-corrected chi connectivity index (χ2v) is 6.97. The van der Waals surface area contributed by atoms with Gasteiger partial charge in [0.2, 0.25) is 0 Å². The summed E-state index contributed by atoms with van der Waals surface area (Å²) in [6, 6.07) is 9.34. The average molecular weight is 369 g/mol. The summed E-state index contributed by atoms with van der Waals surface area (Å²) in [5.41, 5.74) is 1.23. The van der Waals surface area contributed by atoms with Crippen molar-refractivity contribution in [2.45, 2.75) is 32.0 Å². The minimum Gasteiger partial charge on any atom is -0.495 e. The third kappa shape index (κ3) is 2.64. The summed E-state index contributed by atoms with van der Waals surface area (Å²) in [4.78, 5) is 25.1. The number of fused-ring (bicyclic) bond motifs is 4. The normalized spacial score (nSPS) is 23.1. The van der Waals surface area contributed by atoms with Gasteiger partial charge in [0.1, 0.15) is 11.5 Å². The predicted molar refractivity (Wildman–Crippen MR) is 98.2 cm³/mol. The molecule has 2 unspecified atom stereocenters. The zero-order valence-corrected chi connectivity index (χ0v) is 15.2. The molecular weight excluding hydrogens is 350 g/mol. The SMILES string of the molecule is COc1ccc(C)cc1N1C(=O)NC2CC1(C)Oc1ccc([N+](=O)[O-])cc12. The van der Waals surface area contributed by atoms with E-state index in [-0.39, 0.29) is 17.8 Å². The molecule has 2 atom stereocenters. The first kappa shape index (κ1) is 17.1. The zero-order chi connectivity index (χ0) is 19.3. The number of benzene rings is 2. The van der Waals surface area contributed by atoms with Crippen molar-refractivity contribution in [2.24, 2.45) is 0 Å². The first-order valence-electron chi connectivity index (χ1n) is 8.55. The number of non-ortho nitro benzene ring substituents is 1. The summed E-state index contributed by atoms with van der Waals surface area (Å²) in [5, 5.41) is 14.0. The number of nitrogens with zero attached hydrogens (tertiary/aromatic N) is 2. The molecule has 2 aromatic carbocycles. The number of nitro groups is 1. The molecule has 2 heterocycles. The second kappa shape index (κ2) is 5.87. The molecule has 2 aliphatic rings. The van der Waals surface area contributed by atoms with Gasteiger partial charge in [-0.25, -0.2) is 4.79 Å². The van der Waals surface area contributed by atoms with Gasteiger partial charge in [0.15, 0.2) is 5.72 Å². The fraction of sp³-hybridized carbons (Fsp3) is 0.316. The van der Waals surface area contributed by atoms with Crippen molar-refractivity contribution in [2.75, 3.05) is 12.0 Å². The van der Waals surface area contributed by atoms with Crippen molar-refractivity contribution in [3.8, 4) is 11.5 Å². The van der Waals surface area contributed by atoms with E-state index in [0.29, 0.717) is 29.2 Å². The molecule has 2 amide bonds. The molecule has 0 saturated carbocycles. The highest BCUT2D eigenvalue weighted by molar-refractivity contribution is 5.96. The lowest BCUT2D eigenvalue weighted by Gasteiger charge is -2.50. The number of anilines is 1. The van der Waals surface area contributed by atoms with Crippen LogP contribution in [-0.2, 0) is 0 Å². The van der Waals surface area contributed by atoms with Crippen LogP contribution in [-0.4, -0.2) is 23.8 Å². The Labute approximate surface area is 155 Å². The molecule has 1 saturated heterocycles. The van der Waals surface area contributed by atoms with Gasteiger partial charge in [0.25, 0.3) is 5.69 Å². The fourth-order valence-corrected chi connectivity index (χ4v) is 3.82. The van der Waals surface area contributed by atoms with E-state index in [1.807, 2.05) is 32.0 Å². The van der Waals surface area contributed by atoms with Crippen LogP contribution < -0.4 is 19.7 Å². The van der Waals surface area contributed by atoms with E-state index in [2.05, 4.69) is 5.32 Å². The standard InChI is InChI=1S/C19H19N3O5/c1-11-4-6-17(26-3)15(8-11)21-18(23)20-14-10-19(21,2)27-16-7-5-12(22(24)25)9-13(14)16/h4-9,14H,10H2,1-3H3,(H,20,23). The number of hydrogen-bond donors (Lipinski definition) is 1. The molecule has 8 nitrogen and oxygen atoms in total. The average Bonchev–Trinajstić information content (AvgIpc) is 2.60. The summed E-state index contributed by atoms with van der Waals surface area (Å²) in [5.74, 6) is 1.09. The van der Waals surface area contributed by atoms with Crippen molar-refractivity contribution < 1.29 is 19.2 Å². The molecule has 0 radical (unpaired) electrons. The maximum atomic E-state index is 13.0. The second-order valence-electron chi connectivity index (χ2n) is 6.97. The van der Waals surface area contributed by atoms with Gasteiger partial charge in [0.05, 0.1) is 23.8 Å². The van der Waals surface area contributed by atoms with Gasteiger partial charge < -0.3 is 14.8 Å². The molecule has 8 heteroatoms. The highest BCUT2D eigenvalue weighted by atomic mass is 16.6. The first-order valence-corrected chi connectivity index (χ1v) is 8.55. The molecule has 2 aliphatic heterocycles. The number of amides is 2. The zero-order valence-electron chi connectivity index (χ0n) is 15.2. The van der Waals surface area contributed by atoms with Crippen LogP contribution in [0.3, 0.4) is 0 Å². The molecule has 0 aromatic heterocycles. The molecule has 27 heavy (non-hydrogen) atoms. The maximum absolute atomic E-state index is 13.0. The number of nitrogens with one attached hydrogen (secondary N) is 1. The number of nitro benzene ring substituents is 1. The molecule has 140 valence electrons. The number of aryl methyl sites for hydroxylation is 1. The maximum Gasteiger partial charge on any atom is 0.325 e. The van der Waals surface area contributed by atoms with Gasteiger partial charge in [-0.3, -0.25) is 15.0 Å². The van der Waals surface area contributed by atoms with Crippen molar-refractivity contribution in [3.05, 3.63) is 57.6 Å². The van der Waals surface area contributed by atoms with Crippen molar-refractivity contribution in [1.82, 2.24) is 5.32 Å². The Hall–Kier alpha value is -3.29. The van der Waals surface area contributed by atoms with E-state index >= 15 is 0 Å². The quantitative estimate of drug-likeness (QED) is 0.658. The number of hydrogen-bond acceptors (Lipinski definition) is 5. The van der Waals surface area contributed by atoms with Crippen LogP contribution in [0.5, 0.6) is 11.5 Å². The van der Waals surface area contributed by atoms with Gasteiger partial charge in [-0.05, 0) is 37.6 Å². The number of methoxy groups -OCH3 is 1. The van der Waals surface area contributed by atoms with Crippen LogP contribution in [0.1, 0.15) is 30.5 Å². The molecule has 2 bridgehead atoms. The molecule has 0 spiro atoms. The molecule has 0 aliphatic carbocycles. The Morgan fingerprint density at radius 1 is 1.33 bits per heavy atom. The van der Waals surface area contributed by atoms with Gasteiger partial charge in [-0.15, -0.1) is 0 Å².